The third-order valence-corrected chi connectivity index (χ3v) is 5.58. The van der Waals surface area contributed by atoms with Gasteiger partial charge in [-0.2, -0.15) is 0 Å². The van der Waals surface area contributed by atoms with Gasteiger partial charge in [-0.3, -0.25) is 9.69 Å². The fourth-order valence-corrected chi connectivity index (χ4v) is 4.05. The molecule has 1 atom stereocenters. The molecule has 0 radical (unpaired) electrons. The summed E-state index contributed by atoms with van der Waals surface area (Å²) >= 11 is 10.2. The van der Waals surface area contributed by atoms with Gasteiger partial charge >= 0.3 is 0 Å². The van der Waals surface area contributed by atoms with Crippen LogP contribution in [0.5, 0.6) is 0 Å². The molecule has 0 aliphatic carbocycles. The standard InChI is InChI=1S/C15H14BrNO2S2/c16-12-6-2-1-4-10(12)8-13-14(18)17(15(20)21-13)9-11-5-3-7-19-11/h1-2,4,6,8,11H,3,5,7,9H2. The fourth-order valence-electron chi connectivity index (χ4n) is 2.38. The van der Waals surface area contributed by atoms with Crippen molar-refractivity contribution in [2.75, 3.05) is 13.2 Å². The fraction of sp³-hybridized carbons (Fsp3) is 0.333. The molecule has 1 aromatic rings. The van der Waals surface area contributed by atoms with Crippen LogP contribution in [-0.2, 0) is 9.53 Å². The molecule has 6 heteroatoms. The van der Waals surface area contributed by atoms with E-state index in [1.807, 2.05) is 30.3 Å². The number of thioether (sulfide) groups is 1. The Bertz CT molecular complexity index is 611. The van der Waals surface area contributed by atoms with E-state index in [2.05, 4.69) is 15.9 Å². The van der Waals surface area contributed by atoms with Gasteiger partial charge in [0.05, 0.1) is 17.6 Å². The summed E-state index contributed by atoms with van der Waals surface area (Å²) in [5.74, 6) is -0.0174. The van der Waals surface area contributed by atoms with Crippen molar-refractivity contribution in [3.8, 4) is 0 Å². The normalized spacial score (nSPS) is 24.3. The van der Waals surface area contributed by atoms with Crippen molar-refractivity contribution in [1.82, 2.24) is 4.90 Å². The molecule has 1 amide bonds. The lowest BCUT2D eigenvalue weighted by molar-refractivity contribution is -0.123. The molecule has 3 nitrogen and oxygen atoms in total. The average molecular weight is 384 g/mol. The van der Waals surface area contributed by atoms with Crippen LogP contribution >= 0.6 is 39.9 Å². The maximum absolute atomic E-state index is 12.5. The average Bonchev–Trinajstić information content (AvgIpc) is 3.06. The first-order chi connectivity index (χ1) is 10.1. The van der Waals surface area contributed by atoms with Crippen LogP contribution in [0.25, 0.3) is 6.08 Å². The molecule has 110 valence electrons. The number of amides is 1. The molecule has 3 rings (SSSR count). The Labute approximate surface area is 141 Å². The van der Waals surface area contributed by atoms with Crippen LogP contribution in [0.15, 0.2) is 33.6 Å². The number of hydrogen-bond acceptors (Lipinski definition) is 4. The minimum atomic E-state index is -0.0174. The molecule has 2 aliphatic heterocycles. The van der Waals surface area contributed by atoms with E-state index in [4.69, 9.17) is 17.0 Å². The molecule has 1 unspecified atom stereocenters. The number of benzene rings is 1. The van der Waals surface area contributed by atoms with E-state index in [9.17, 15) is 4.79 Å². The monoisotopic (exact) mass is 383 g/mol. The van der Waals surface area contributed by atoms with Gasteiger partial charge in [0.15, 0.2) is 0 Å². The Morgan fingerprint density at radius 2 is 2.29 bits per heavy atom. The predicted molar refractivity (Wildman–Crippen MR) is 93.0 cm³/mol. The van der Waals surface area contributed by atoms with Crippen molar-refractivity contribution in [3.05, 3.63) is 39.2 Å². The molecular weight excluding hydrogens is 370 g/mol. The Morgan fingerprint density at radius 1 is 1.48 bits per heavy atom. The van der Waals surface area contributed by atoms with Gasteiger partial charge < -0.3 is 4.74 Å². The summed E-state index contributed by atoms with van der Waals surface area (Å²) in [6.45, 7) is 1.35. The van der Waals surface area contributed by atoms with Gasteiger partial charge in [0.2, 0.25) is 0 Å². The molecule has 0 bridgehead atoms. The number of thiocarbonyl (C=S) groups is 1. The lowest BCUT2D eigenvalue weighted by atomic mass is 10.2. The van der Waals surface area contributed by atoms with Gasteiger partial charge in [-0.15, -0.1) is 0 Å². The summed E-state index contributed by atoms with van der Waals surface area (Å²) in [4.78, 5) is 14.8. The summed E-state index contributed by atoms with van der Waals surface area (Å²) in [7, 11) is 0. The van der Waals surface area contributed by atoms with Gasteiger partial charge in [0, 0.05) is 11.1 Å². The highest BCUT2D eigenvalue weighted by Gasteiger charge is 2.34. The SMILES string of the molecule is O=C1C(=Cc2ccccc2Br)SC(=S)N1CC1CCCO1. The van der Waals surface area contributed by atoms with Crippen molar-refractivity contribution in [1.29, 1.82) is 0 Å². The number of carbonyl (C=O) groups is 1. The van der Waals surface area contributed by atoms with Crippen molar-refractivity contribution in [2.45, 2.75) is 18.9 Å². The van der Waals surface area contributed by atoms with Gasteiger partial charge in [-0.05, 0) is 30.5 Å². The smallest absolute Gasteiger partial charge is 0.266 e. The first-order valence-corrected chi connectivity index (χ1v) is 8.78. The molecule has 0 N–H and O–H groups in total. The minimum absolute atomic E-state index is 0.0174. The van der Waals surface area contributed by atoms with Crippen molar-refractivity contribution >= 4 is 56.2 Å². The lowest BCUT2D eigenvalue weighted by Gasteiger charge is -2.18. The van der Waals surface area contributed by atoms with Crippen molar-refractivity contribution in [3.63, 3.8) is 0 Å². The van der Waals surface area contributed by atoms with Crippen LogP contribution in [0.4, 0.5) is 0 Å². The Kier molecular flexibility index (Phi) is 4.78. The summed E-state index contributed by atoms with van der Waals surface area (Å²) in [6.07, 6.45) is 4.07. The molecule has 0 aromatic heterocycles. The zero-order chi connectivity index (χ0) is 14.8. The highest BCUT2D eigenvalue weighted by molar-refractivity contribution is 9.10. The number of rotatable bonds is 3. The Balaban J connectivity index is 1.78. The van der Waals surface area contributed by atoms with E-state index < -0.39 is 0 Å². The number of ether oxygens (including phenoxy) is 1. The summed E-state index contributed by atoms with van der Waals surface area (Å²) in [5, 5.41) is 0. The van der Waals surface area contributed by atoms with Crippen LogP contribution in [0.1, 0.15) is 18.4 Å². The molecule has 2 fully saturated rings. The summed E-state index contributed by atoms with van der Waals surface area (Å²) < 4.78 is 7.18. The van der Waals surface area contributed by atoms with Crippen LogP contribution in [-0.4, -0.2) is 34.4 Å². The lowest BCUT2D eigenvalue weighted by Crippen LogP contribution is -2.35. The molecule has 2 saturated heterocycles. The van der Waals surface area contributed by atoms with E-state index in [0.717, 1.165) is 29.5 Å². The maximum Gasteiger partial charge on any atom is 0.266 e. The largest absolute Gasteiger partial charge is 0.376 e. The molecule has 2 aliphatic rings. The molecule has 2 heterocycles. The number of hydrogen-bond donors (Lipinski definition) is 0. The molecular formula is C15H14BrNO2S2. The first kappa shape index (κ1) is 15.2. The second kappa shape index (κ2) is 6.60. The number of carbonyl (C=O) groups excluding carboxylic acids is 1. The molecule has 0 spiro atoms. The topological polar surface area (TPSA) is 29.5 Å². The van der Waals surface area contributed by atoms with E-state index in [1.54, 1.807) is 4.90 Å². The second-order valence-corrected chi connectivity index (χ2v) is 7.48. The Morgan fingerprint density at radius 3 is 3.00 bits per heavy atom. The van der Waals surface area contributed by atoms with Crippen molar-refractivity contribution < 1.29 is 9.53 Å². The maximum atomic E-state index is 12.5. The first-order valence-electron chi connectivity index (χ1n) is 6.76. The van der Waals surface area contributed by atoms with Gasteiger partial charge in [-0.25, -0.2) is 0 Å². The van der Waals surface area contributed by atoms with Gasteiger partial charge in [0.1, 0.15) is 4.32 Å². The Hall–Kier alpha value is -0.690. The third-order valence-electron chi connectivity index (χ3n) is 3.48. The van der Waals surface area contributed by atoms with E-state index in [-0.39, 0.29) is 12.0 Å². The predicted octanol–water partition coefficient (Wildman–Crippen LogP) is 3.83. The van der Waals surface area contributed by atoms with Crippen LogP contribution in [0, 0.1) is 0 Å². The molecule has 21 heavy (non-hydrogen) atoms. The summed E-state index contributed by atoms with van der Waals surface area (Å²) in [5.41, 5.74) is 0.982. The summed E-state index contributed by atoms with van der Waals surface area (Å²) in [6, 6.07) is 7.82. The van der Waals surface area contributed by atoms with Gasteiger partial charge in [-0.1, -0.05) is 58.1 Å². The quantitative estimate of drug-likeness (QED) is 0.585. The van der Waals surface area contributed by atoms with Gasteiger partial charge in [0.25, 0.3) is 5.91 Å². The number of nitrogens with zero attached hydrogens (tertiary/aromatic N) is 1. The van der Waals surface area contributed by atoms with Crippen molar-refractivity contribution in [2.24, 2.45) is 0 Å². The molecule has 1 aromatic carbocycles. The van der Waals surface area contributed by atoms with E-state index in [1.165, 1.54) is 11.8 Å². The zero-order valence-corrected chi connectivity index (χ0v) is 14.5. The third kappa shape index (κ3) is 3.39. The zero-order valence-electron chi connectivity index (χ0n) is 11.3. The number of halogens is 1. The van der Waals surface area contributed by atoms with E-state index in [0.29, 0.717) is 15.8 Å². The second-order valence-electron chi connectivity index (χ2n) is 4.95. The van der Waals surface area contributed by atoms with Crippen LogP contribution < -0.4 is 0 Å². The highest BCUT2D eigenvalue weighted by atomic mass is 79.9. The van der Waals surface area contributed by atoms with Crippen LogP contribution in [0.3, 0.4) is 0 Å². The minimum Gasteiger partial charge on any atom is -0.376 e. The van der Waals surface area contributed by atoms with E-state index >= 15 is 0 Å². The highest BCUT2D eigenvalue weighted by Crippen LogP contribution is 2.34. The molecule has 0 saturated carbocycles. The van der Waals surface area contributed by atoms with Crippen LogP contribution in [0.2, 0.25) is 0 Å².